The number of nitrogens with zero attached hydrogens (tertiary/aromatic N) is 4. The van der Waals surface area contributed by atoms with Crippen molar-refractivity contribution in [2.75, 3.05) is 18.8 Å². The molecule has 1 saturated heterocycles. The predicted octanol–water partition coefficient (Wildman–Crippen LogP) is 2.79. The molecule has 2 aromatic heterocycles. The molecule has 0 saturated carbocycles. The highest BCUT2D eigenvalue weighted by molar-refractivity contribution is 6.02. The van der Waals surface area contributed by atoms with Crippen LogP contribution in [0.4, 0.5) is 5.82 Å². The molecule has 1 fully saturated rings. The van der Waals surface area contributed by atoms with Crippen LogP contribution >= 0.6 is 0 Å². The van der Waals surface area contributed by atoms with Crippen LogP contribution in [-0.4, -0.2) is 44.6 Å². The number of hydrogen-bond acceptors (Lipinski definition) is 6. The summed E-state index contributed by atoms with van der Waals surface area (Å²) in [6.45, 7) is 4.41. The molecule has 1 aliphatic heterocycles. The van der Waals surface area contributed by atoms with Gasteiger partial charge >= 0.3 is 0 Å². The quantitative estimate of drug-likeness (QED) is 0.683. The minimum absolute atomic E-state index is 0.0825. The second kappa shape index (κ2) is 7.54. The maximum absolute atomic E-state index is 13.2. The minimum atomic E-state index is -0.316. The van der Waals surface area contributed by atoms with Crippen molar-refractivity contribution in [3.8, 4) is 5.69 Å². The average molecular weight is 393 g/mol. The number of piperidine rings is 1. The SMILES string of the molecule is Cc1noc(C)c1C(=O)N1CCC[C@H](C(=O)c2cnn(-c3ccccc3)c2N)C1. The van der Waals surface area contributed by atoms with Gasteiger partial charge in [-0.1, -0.05) is 23.4 Å². The van der Waals surface area contributed by atoms with E-state index >= 15 is 0 Å². The van der Waals surface area contributed by atoms with Crippen LogP contribution in [0.25, 0.3) is 5.69 Å². The lowest BCUT2D eigenvalue weighted by Crippen LogP contribution is -2.42. The van der Waals surface area contributed by atoms with Crippen LogP contribution in [0, 0.1) is 19.8 Å². The smallest absolute Gasteiger partial charge is 0.259 e. The minimum Gasteiger partial charge on any atom is -0.383 e. The van der Waals surface area contributed by atoms with Crippen molar-refractivity contribution in [2.24, 2.45) is 5.92 Å². The molecule has 0 radical (unpaired) electrons. The van der Waals surface area contributed by atoms with Gasteiger partial charge in [0.2, 0.25) is 0 Å². The summed E-state index contributed by atoms with van der Waals surface area (Å²) in [5.41, 5.74) is 8.47. The van der Waals surface area contributed by atoms with Gasteiger partial charge in [-0.25, -0.2) is 4.68 Å². The number of para-hydroxylation sites is 1. The number of nitrogen functional groups attached to an aromatic ring is 1. The van der Waals surface area contributed by atoms with Gasteiger partial charge < -0.3 is 15.2 Å². The Kier molecular flexibility index (Phi) is 4.92. The maximum atomic E-state index is 13.2. The number of carbonyl (C=O) groups excluding carboxylic acids is 2. The van der Waals surface area contributed by atoms with E-state index in [4.69, 9.17) is 10.3 Å². The third-order valence-electron chi connectivity index (χ3n) is 5.40. The van der Waals surface area contributed by atoms with Crippen LogP contribution in [0.2, 0.25) is 0 Å². The fraction of sp³-hybridized carbons (Fsp3) is 0.333. The second-order valence-electron chi connectivity index (χ2n) is 7.34. The number of nitrogens with two attached hydrogens (primary N) is 1. The third-order valence-corrected chi connectivity index (χ3v) is 5.40. The van der Waals surface area contributed by atoms with Gasteiger partial charge in [-0.05, 0) is 38.8 Å². The Morgan fingerprint density at radius 2 is 1.97 bits per heavy atom. The van der Waals surface area contributed by atoms with E-state index in [1.807, 2.05) is 30.3 Å². The molecule has 8 heteroatoms. The van der Waals surface area contributed by atoms with Crippen molar-refractivity contribution in [1.29, 1.82) is 0 Å². The highest BCUT2D eigenvalue weighted by Gasteiger charge is 2.33. The lowest BCUT2D eigenvalue weighted by atomic mass is 9.90. The van der Waals surface area contributed by atoms with Crippen molar-refractivity contribution in [1.82, 2.24) is 19.8 Å². The molecular formula is C21H23N5O3. The molecule has 1 aromatic carbocycles. The Bertz CT molecular complexity index is 1030. The highest BCUT2D eigenvalue weighted by atomic mass is 16.5. The van der Waals surface area contributed by atoms with E-state index in [9.17, 15) is 9.59 Å². The molecule has 0 bridgehead atoms. The number of benzene rings is 1. The van der Waals surface area contributed by atoms with E-state index in [0.29, 0.717) is 47.9 Å². The number of likely N-dealkylation sites (tertiary alicyclic amines) is 1. The first-order valence-electron chi connectivity index (χ1n) is 9.62. The summed E-state index contributed by atoms with van der Waals surface area (Å²) < 4.78 is 6.68. The molecule has 0 spiro atoms. The molecule has 0 aliphatic carbocycles. The fourth-order valence-electron chi connectivity index (χ4n) is 3.86. The molecule has 8 nitrogen and oxygen atoms in total. The molecule has 29 heavy (non-hydrogen) atoms. The van der Waals surface area contributed by atoms with E-state index in [1.165, 1.54) is 6.20 Å². The zero-order chi connectivity index (χ0) is 20.5. The largest absolute Gasteiger partial charge is 0.383 e. The summed E-state index contributed by atoms with van der Waals surface area (Å²) in [4.78, 5) is 27.8. The number of amides is 1. The zero-order valence-electron chi connectivity index (χ0n) is 16.5. The van der Waals surface area contributed by atoms with Crippen LogP contribution in [0.3, 0.4) is 0 Å². The first-order valence-corrected chi connectivity index (χ1v) is 9.62. The average Bonchev–Trinajstić information content (AvgIpc) is 3.29. The number of Topliss-reactive ketones (excluding diaryl/α,β-unsaturated/α-hetero) is 1. The zero-order valence-corrected chi connectivity index (χ0v) is 16.5. The molecule has 3 heterocycles. The monoisotopic (exact) mass is 393 g/mol. The Morgan fingerprint density at radius 1 is 1.21 bits per heavy atom. The molecule has 150 valence electrons. The number of aromatic nitrogens is 3. The Balaban J connectivity index is 1.54. The number of ketones is 1. The number of hydrogen-bond donors (Lipinski definition) is 1. The van der Waals surface area contributed by atoms with Gasteiger partial charge in [-0.3, -0.25) is 9.59 Å². The van der Waals surface area contributed by atoms with Gasteiger partial charge in [-0.2, -0.15) is 5.10 Å². The Hall–Kier alpha value is -3.42. The summed E-state index contributed by atoms with van der Waals surface area (Å²) in [6.07, 6.45) is 2.97. The van der Waals surface area contributed by atoms with Gasteiger partial charge in [0.1, 0.15) is 17.1 Å². The molecule has 1 aliphatic rings. The molecule has 3 aromatic rings. The van der Waals surface area contributed by atoms with E-state index in [-0.39, 0.29) is 17.6 Å². The van der Waals surface area contributed by atoms with Crippen molar-refractivity contribution in [3.05, 3.63) is 59.1 Å². The first kappa shape index (κ1) is 18.9. The van der Waals surface area contributed by atoms with Crippen LogP contribution in [0.5, 0.6) is 0 Å². The molecular weight excluding hydrogens is 370 g/mol. The number of anilines is 1. The second-order valence-corrected chi connectivity index (χ2v) is 7.34. The van der Waals surface area contributed by atoms with Crippen LogP contribution in [-0.2, 0) is 0 Å². The molecule has 1 atom stereocenters. The first-order chi connectivity index (χ1) is 14.0. The van der Waals surface area contributed by atoms with E-state index in [1.54, 1.807) is 23.4 Å². The van der Waals surface area contributed by atoms with Gasteiger partial charge in [0.25, 0.3) is 5.91 Å². The predicted molar refractivity (Wildman–Crippen MR) is 107 cm³/mol. The summed E-state index contributed by atoms with van der Waals surface area (Å²) in [6, 6.07) is 9.43. The molecule has 2 N–H and O–H groups in total. The molecule has 1 amide bonds. The van der Waals surface area contributed by atoms with Crippen molar-refractivity contribution >= 4 is 17.5 Å². The van der Waals surface area contributed by atoms with Crippen LogP contribution < -0.4 is 5.73 Å². The normalized spacial score (nSPS) is 16.8. The topological polar surface area (TPSA) is 107 Å². The lowest BCUT2D eigenvalue weighted by Gasteiger charge is -2.32. The fourth-order valence-corrected chi connectivity index (χ4v) is 3.86. The van der Waals surface area contributed by atoms with Gasteiger partial charge in [0.05, 0.1) is 23.1 Å². The van der Waals surface area contributed by atoms with E-state index < -0.39 is 0 Å². The lowest BCUT2D eigenvalue weighted by molar-refractivity contribution is 0.0635. The Morgan fingerprint density at radius 3 is 2.66 bits per heavy atom. The standard InChI is InChI=1S/C21H23N5O3/c1-13-18(14(2)29-24-13)21(28)25-10-6-7-15(12-25)19(27)17-11-23-26(20(17)22)16-8-4-3-5-9-16/h3-5,8-9,11,15H,6-7,10,12,22H2,1-2H3/t15-/m0/s1. The summed E-state index contributed by atoms with van der Waals surface area (Å²) in [5.74, 6) is 0.265. The highest BCUT2D eigenvalue weighted by Crippen LogP contribution is 2.27. The van der Waals surface area contributed by atoms with Gasteiger partial charge in [0, 0.05) is 19.0 Å². The summed E-state index contributed by atoms with van der Waals surface area (Å²) in [7, 11) is 0. The number of aryl methyl sites for hydroxylation is 2. The van der Waals surface area contributed by atoms with E-state index in [0.717, 1.165) is 12.1 Å². The third kappa shape index (κ3) is 3.41. The van der Waals surface area contributed by atoms with Crippen molar-refractivity contribution in [2.45, 2.75) is 26.7 Å². The molecule has 4 rings (SSSR count). The number of rotatable bonds is 4. The van der Waals surface area contributed by atoms with Crippen molar-refractivity contribution in [3.63, 3.8) is 0 Å². The number of carbonyl (C=O) groups is 2. The summed E-state index contributed by atoms with van der Waals surface area (Å²) in [5, 5.41) is 8.15. The van der Waals surface area contributed by atoms with Crippen LogP contribution in [0.1, 0.15) is 45.0 Å². The Labute approximate surface area is 168 Å². The maximum Gasteiger partial charge on any atom is 0.259 e. The molecule has 0 unspecified atom stereocenters. The van der Waals surface area contributed by atoms with Crippen LogP contribution in [0.15, 0.2) is 41.1 Å². The van der Waals surface area contributed by atoms with Gasteiger partial charge in [0.15, 0.2) is 5.78 Å². The van der Waals surface area contributed by atoms with E-state index in [2.05, 4.69) is 10.3 Å². The summed E-state index contributed by atoms with van der Waals surface area (Å²) >= 11 is 0. The van der Waals surface area contributed by atoms with Crippen molar-refractivity contribution < 1.29 is 14.1 Å². The van der Waals surface area contributed by atoms with Gasteiger partial charge in [-0.15, -0.1) is 0 Å².